The molecule has 0 saturated heterocycles. The van der Waals surface area contributed by atoms with E-state index in [4.69, 9.17) is 0 Å². The molecule has 0 saturated carbocycles. The van der Waals surface area contributed by atoms with Crippen LogP contribution in [-0.2, 0) is 21.3 Å². The van der Waals surface area contributed by atoms with Crippen LogP contribution in [0, 0.1) is 0 Å². The molecule has 0 atom stereocenters. The molecule has 0 aliphatic heterocycles. The molecule has 18 heavy (non-hydrogen) atoms. The van der Waals surface area contributed by atoms with Gasteiger partial charge in [0.2, 0.25) is 0 Å². The van der Waals surface area contributed by atoms with Crippen LogP contribution in [0.25, 0.3) is 0 Å². The van der Waals surface area contributed by atoms with E-state index in [1.54, 1.807) is 17.7 Å². The fraction of sp³-hybridized carbons (Fsp3) is 0.400. The average molecular weight is 364 g/mol. The summed E-state index contributed by atoms with van der Waals surface area (Å²) in [5, 5.41) is 0. The summed E-state index contributed by atoms with van der Waals surface area (Å²) in [6.45, 7) is 9.03. The van der Waals surface area contributed by atoms with Gasteiger partial charge < -0.3 is 0 Å². The third-order valence-corrected chi connectivity index (χ3v) is 10.5. The van der Waals surface area contributed by atoms with Gasteiger partial charge in [0.05, 0.1) is 0 Å². The molecule has 0 bridgehead atoms. The fourth-order valence-corrected chi connectivity index (χ4v) is 8.28. The Balaban J connectivity index is 0.00000144. The van der Waals surface area contributed by atoms with Crippen molar-refractivity contribution >= 4 is 29.0 Å². The minimum absolute atomic E-state index is 0. The van der Waals surface area contributed by atoms with Gasteiger partial charge in [-0.2, -0.15) is 0 Å². The Hall–Kier alpha value is 0.293. The van der Waals surface area contributed by atoms with Gasteiger partial charge in [-0.25, -0.2) is 0 Å². The van der Waals surface area contributed by atoms with Crippen molar-refractivity contribution in [1.29, 1.82) is 0 Å². The summed E-state index contributed by atoms with van der Waals surface area (Å²) in [6.07, 6.45) is 7.13. The van der Waals surface area contributed by atoms with Crippen molar-refractivity contribution in [2.45, 2.75) is 40.5 Å². The Bertz CT molecular complexity index is 447. The molecule has 0 radical (unpaired) electrons. The zero-order chi connectivity index (χ0) is 11.9. The van der Waals surface area contributed by atoms with Gasteiger partial charge in [-0.1, -0.05) is 0 Å². The van der Waals surface area contributed by atoms with Crippen LogP contribution < -0.4 is 0 Å². The van der Waals surface area contributed by atoms with Crippen LogP contribution >= 0.6 is 24.8 Å². The molecule has 3 heteroatoms. The first-order chi connectivity index (χ1) is 7.52. The SMILES string of the molecule is Cl.Cl.[CH2]=[Zr]([C]1=C(C)C(C)=CC1)[C]1=C(C)C(C)=CC1. The van der Waals surface area contributed by atoms with E-state index in [1.165, 1.54) is 24.0 Å². The number of hydrogen-bond acceptors (Lipinski definition) is 0. The first kappa shape index (κ1) is 18.3. The molecule has 0 heterocycles. The summed E-state index contributed by atoms with van der Waals surface area (Å²) in [7, 11) is 0. The maximum atomic E-state index is 4.59. The predicted molar refractivity (Wildman–Crippen MR) is 83.8 cm³/mol. The van der Waals surface area contributed by atoms with Crippen LogP contribution in [0.1, 0.15) is 40.5 Å². The molecule has 0 unspecified atom stereocenters. The van der Waals surface area contributed by atoms with Crippen LogP contribution in [0.2, 0.25) is 0 Å². The molecule has 0 spiro atoms. The van der Waals surface area contributed by atoms with Gasteiger partial charge in [0.15, 0.2) is 0 Å². The first-order valence-electron chi connectivity index (χ1n) is 5.95. The Labute approximate surface area is 131 Å². The van der Waals surface area contributed by atoms with Crippen molar-refractivity contribution < 1.29 is 21.3 Å². The molecule has 100 valence electrons. The second-order valence-corrected chi connectivity index (χ2v) is 10.2. The quantitative estimate of drug-likeness (QED) is 0.637. The summed E-state index contributed by atoms with van der Waals surface area (Å²) in [5.74, 6) is 0. The Morgan fingerprint density at radius 2 is 1.17 bits per heavy atom. The van der Waals surface area contributed by atoms with E-state index in [0.717, 1.165) is 0 Å². The monoisotopic (exact) mass is 362 g/mol. The average Bonchev–Trinajstić information content (AvgIpc) is 2.74. The summed E-state index contributed by atoms with van der Waals surface area (Å²) in [4.78, 5) is 0. The Morgan fingerprint density at radius 3 is 1.39 bits per heavy atom. The van der Waals surface area contributed by atoms with Crippen LogP contribution in [-0.4, -0.2) is 4.21 Å². The van der Waals surface area contributed by atoms with Crippen molar-refractivity contribution in [2.75, 3.05) is 0 Å². The normalized spacial score (nSPS) is 18.2. The van der Waals surface area contributed by atoms with Crippen molar-refractivity contribution in [3.05, 3.63) is 41.0 Å². The zero-order valence-electron chi connectivity index (χ0n) is 11.6. The van der Waals surface area contributed by atoms with E-state index in [0.29, 0.717) is 0 Å². The van der Waals surface area contributed by atoms with Gasteiger partial charge in [-0.15, -0.1) is 24.8 Å². The molecule has 0 aromatic heterocycles. The maximum absolute atomic E-state index is 4.59. The second kappa shape index (κ2) is 7.18. The molecule has 0 N–H and O–H groups in total. The van der Waals surface area contributed by atoms with E-state index in [-0.39, 0.29) is 24.8 Å². The Kier molecular flexibility index (Phi) is 7.29. The molecule has 0 fully saturated rings. The number of rotatable bonds is 2. The summed E-state index contributed by atoms with van der Waals surface area (Å²) >= 11 is -1.71. The van der Waals surface area contributed by atoms with Crippen LogP contribution in [0.4, 0.5) is 0 Å². The van der Waals surface area contributed by atoms with Gasteiger partial charge in [0.1, 0.15) is 0 Å². The summed E-state index contributed by atoms with van der Waals surface area (Å²) in [6, 6.07) is 0. The number of hydrogen-bond donors (Lipinski definition) is 0. The molecule has 0 aromatic rings. The van der Waals surface area contributed by atoms with Crippen molar-refractivity contribution in [3.8, 4) is 0 Å². The van der Waals surface area contributed by atoms with Gasteiger partial charge in [0.25, 0.3) is 0 Å². The van der Waals surface area contributed by atoms with Gasteiger partial charge in [-0.3, -0.25) is 0 Å². The third-order valence-electron chi connectivity index (χ3n) is 4.04. The molecular weight excluding hydrogens is 342 g/mol. The van der Waals surface area contributed by atoms with Crippen LogP contribution in [0.15, 0.2) is 41.0 Å². The molecule has 2 aliphatic carbocycles. The number of allylic oxidation sites excluding steroid dienone is 8. The number of halogens is 2. The molecule has 2 aliphatic rings. The zero-order valence-corrected chi connectivity index (χ0v) is 15.7. The molecular formula is C15H22Cl2Zr. The van der Waals surface area contributed by atoms with Crippen molar-refractivity contribution in [1.82, 2.24) is 0 Å². The fourth-order valence-electron chi connectivity index (χ4n) is 2.48. The van der Waals surface area contributed by atoms with E-state index >= 15 is 0 Å². The van der Waals surface area contributed by atoms with Crippen LogP contribution in [0.3, 0.4) is 0 Å². The predicted octanol–water partition coefficient (Wildman–Crippen LogP) is 5.13. The van der Waals surface area contributed by atoms with Crippen LogP contribution in [0.5, 0.6) is 0 Å². The third kappa shape index (κ3) is 3.24. The van der Waals surface area contributed by atoms with E-state index < -0.39 is 21.3 Å². The molecule has 0 amide bonds. The topological polar surface area (TPSA) is 0 Å². The van der Waals surface area contributed by atoms with E-state index in [1.807, 2.05) is 0 Å². The van der Waals surface area contributed by atoms with Gasteiger partial charge in [0, 0.05) is 0 Å². The summed E-state index contributed by atoms with van der Waals surface area (Å²) in [5.41, 5.74) is 6.07. The minimum atomic E-state index is -1.71. The van der Waals surface area contributed by atoms with Crippen molar-refractivity contribution in [3.63, 3.8) is 0 Å². The standard InChI is InChI=1S/2C7H9.CH2.2ClH.Zr/c2*1-6-4-3-5-7(6)2;;;;/h2*4H,3H2,1-2H3;1H2;2*1H;. The molecule has 2 rings (SSSR count). The van der Waals surface area contributed by atoms with E-state index in [9.17, 15) is 0 Å². The summed E-state index contributed by atoms with van der Waals surface area (Å²) < 4.78 is 8.03. The second-order valence-electron chi connectivity index (χ2n) is 4.87. The van der Waals surface area contributed by atoms with Gasteiger partial charge in [-0.05, 0) is 0 Å². The van der Waals surface area contributed by atoms with Gasteiger partial charge >= 0.3 is 107 Å². The Morgan fingerprint density at radius 1 is 0.833 bits per heavy atom. The van der Waals surface area contributed by atoms with E-state index in [2.05, 4.69) is 44.1 Å². The molecule has 0 nitrogen and oxygen atoms in total. The molecule has 0 aromatic carbocycles. The first-order valence-corrected chi connectivity index (χ1v) is 10.2. The van der Waals surface area contributed by atoms with Crippen molar-refractivity contribution in [2.24, 2.45) is 0 Å².